The zero-order valence-corrected chi connectivity index (χ0v) is 10.3. The van der Waals surface area contributed by atoms with Crippen molar-refractivity contribution in [1.29, 1.82) is 0 Å². The number of rotatable bonds is 4. The van der Waals surface area contributed by atoms with Crippen molar-refractivity contribution in [3.63, 3.8) is 0 Å². The van der Waals surface area contributed by atoms with E-state index in [9.17, 15) is 4.79 Å². The summed E-state index contributed by atoms with van der Waals surface area (Å²) in [5.41, 5.74) is 5.52. The zero-order valence-electron chi connectivity index (χ0n) is 8.17. The maximum atomic E-state index is 11.7. The molecule has 1 heterocycles. The summed E-state index contributed by atoms with van der Waals surface area (Å²) in [5, 5.41) is 2.96. The normalized spacial score (nSPS) is 20.4. The SMILES string of the molecule is NC[C@@H](CI)NC(=O)C1CCOCC1. The third-order valence-electron chi connectivity index (χ3n) is 2.41. The van der Waals surface area contributed by atoms with Gasteiger partial charge in [-0.05, 0) is 12.8 Å². The smallest absolute Gasteiger partial charge is 0.223 e. The first-order valence-electron chi connectivity index (χ1n) is 4.92. The molecule has 0 radical (unpaired) electrons. The summed E-state index contributed by atoms with van der Waals surface area (Å²) in [5.74, 6) is 0.265. The Morgan fingerprint density at radius 1 is 1.57 bits per heavy atom. The van der Waals surface area contributed by atoms with Crippen LogP contribution in [-0.2, 0) is 9.53 Å². The van der Waals surface area contributed by atoms with Gasteiger partial charge in [-0.15, -0.1) is 0 Å². The van der Waals surface area contributed by atoms with E-state index in [4.69, 9.17) is 10.5 Å². The number of hydrogen-bond donors (Lipinski definition) is 2. The Bertz CT molecular complexity index is 180. The van der Waals surface area contributed by atoms with Crippen LogP contribution in [0.2, 0.25) is 0 Å². The van der Waals surface area contributed by atoms with Crippen molar-refractivity contribution in [3.05, 3.63) is 0 Å². The maximum Gasteiger partial charge on any atom is 0.223 e. The van der Waals surface area contributed by atoms with E-state index in [0.717, 1.165) is 17.3 Å². The molecule has 1 rings (SSSR count). The van der Waals surface area contributed by atoms with Crippen LogP contribution >= 0.6 is 22.6 Å². The van der Waals surface area contributed by atoms with Crippen molar-refractivity contribution < 1.29 is 9.53 Å². The standard InChI is InChI=1S/C9H17IN2O2/c10-5-8(6-11)12-9(13)7-1-3-14-4-2-7/h7-8H,1-6,11H2,(H,12,13)/t8-/m1/s1. The second-order valence-corrected chi connectivity index (χ2v) is 4.36. The predicted octanol–water partition coefficient (Wildman–Crippen LogP) is 0.291. The van der Waals surface area contributed by atoms with E-state index in [0.29, 0.717) is 19.8 Å². The molecule has 1 aliphatic rings. The lowest BCUT2D eigenvalue weighted by Gasteiger charge is -2.23. The van der Waals surface area contributed by atoms with E-state index in [2.05, 4.69) is 27.9 Å². The summed E-state index contributed by atoms with van der Waals surface area (Å²) in [6.07, 6.45) is 1.68. The Morgan fingerprint density at radius 2 is 2.21 bits per heavy atom. The number of carbonyl (C=O) groups excluding carboxylic acids is 1. The molecule has 4 nitrogen and oxygen atoms in total. The molecule has 1 fully saturated rings. The second-order valence-electron chi connectivity index (χ2n) is 3.48. The van der Waals surface area contributed by atoms with Gasteiger partial charge in [0.25, 0.3) is 0 Å². The van der Waals surface area contributed by atoms with Gasteiger partial charge in [-0.25, -0.2) is 0 Å². The molecule has 1 atom stereocenters. The number of nitrogens with one attached hydrogen (secondary N) is 1. The van der Waals surface area contributed by atoms with Gasteiger partial charge in [0.05, 0.1) is 0 Å². The van der Waals surface area contributed by atoms with E-state index in [1.165, 1.54) is 0 Å². The van der Waals surface area contributed by atoms with Crippen LogP contribution in [0.4, 0.5) is 0 Å². The van der Waals surface area contributed by atoms with Gasteiger partial charge < -0.3 is 15.8 Å². The molecule has 0 unspecified atom stereocenters. The van der Waals surface area contributed by atoms with E-state index in [1.54, 1.807) is 0 Å². The molecule has 0 bridgehead atoms. The highest BCUT2D eigenvalue weighted by Crippen LogP contribution is 2.14. The fraction of sp³-hybridized carbons (Fsp3) is 0.889. The lowest BCUT2D eigenvalue weighted by atomic mass is 9.99. The van der Waals surface area contributed by atoms with E-state index < -0.39 is 0 Å². The van der Waals surface area contributed by atoms with Crippen LogP contribution in [0.5, 0.6) is 0 Å². The molecule has 1 saturated heterocycles. The summed E-state index contributed by atoms with van der Waals surface area (Å²) in [4.78, 5) is 11.7. The lowest BCUT2D eigenvalue weighted by Crippen LogP contribution is -2.45. The number of nitrogens with two attached hydrogens (primary N) is 1. The maximum absolute atomic E-state index is 11.7. The zero-order chi connectivity index (χ0) is 10.4. The third-order valence-corrected chi connectivity index (χ3v) is 3.47. The fourth-order valence-electron chi connectivity index (χ4n) is 1.44. The summed E-state index contributed by atoms with van der Waals surface area (Å²) < 4.78 is 6.07. The Morgan fingerprint density at radius 3 is 2.71 bits per heavy atom. The molecular weight excluding hydrogens is 295 g/mol. The topological polar surface area (TPSA) is 64.3 Å². The molecule has 1 amide bonds. The molecule has 82 valence electrons. The number of carbonyl (C=O) groups is 1. The molecule has 3 N–H and O–H groups in total. The van der Waals surface area contributed by atoms with E-state index in [1.807, 2.05) is 0 Å². The van der Waals surface area contributed by atoms with Crippen LogP contribution in [0.3, 0.4) is 0 Å². The Labute approximate surface area is 98.1 Å². The molecular formula is C9H17IN2O2. The van der Waals surface area contributed by atoms with Crippen LogP contribution in [0.1, 0.15) is 12.8 Å². The van der Waals surface area contributed by atoms with Crippen molar-refractivity contribution >= 4 is 28.5 Å². The molecule has 14 heavy (non-hydrogen) atoms. The number of alkyl halides is 1. The molecule has 0 aliphatic carbocycles. The first-order chi connectivity index (χ1) is 6.77. The Kier molecular flexibility index (Phi) is 5.73. The van der Waals surface area contributed by atoms with Crippen LogP contribution in [-0.4, -0.2) is 36.1 Å². The van der Waals surface area contributed by atoms with Crippen molar-refractivity contribution in [1.82, 2.24) is 5.32 Å². The van der Waals surface area contributed by atoms with Gasteiger partial charge in [0.1, 0.15) is 0 Å². The number of halogens is 1. The summed E-state index contributed by atoms with van der Waals surface area (Å²) >= 11 is 2.23. The van der Waals surface area contributed by atoms with Crippen molar-refractivity contribution in [2.45, 2.75) is 18.9 Å². The first-order valence-corrected chi connectivity index (χ1v) is 6.44. The molecule has 0 aromatic carbocycles. The molecule has 0 spiro atoms. The highest BCUT2D eigenvalue weighted by Gasteiger charge is 2.22. The van der Waals surface area contributed by atoms with Crippen molar-refractivity contribution in [3.8, 4) is 0 Å². The number of amides is 1. The molecule has 5 heteroatoms. The van der Waals surface area contributed by atoms with Gasteiger partial charge in [-0.3, -0.25) is 4.79 Å². The van der Waals surface area contributed by atoms with Crippen LogP contribution < -0.4 is 11.1 Å². The molecule has 0 aromatic rings. The highest BCUT2D eigenvalue weighted by molar-refractivity contribution is 14.1. The van der Waals surface area contributed by atoms with E-state index in [-0.39, 0.29) is 17.9 Å². The number of hydrogen-bond acceptors (Lipinski definition) is 3. The second kappa shape index (κ2) is 6.58. The van der Waals surface area contributed by atoms with Gasteiger partial charge in [0, 0.05) is 36.1 Å². The predicted molar refractivity (Wildman–Crippen MR) is 63.4 cm³/mol. The van der Waals surface area contributed by atoms with Gasteiger partial charge in [-0.1, -0.05) is 22.6 Å². The van der Waals surface area contributed by atoms with Crippen LogP contribution in [0, 0.1) is 5.92 Å². The van der Waals surface area contributed by atoms with Gasteiger partial charge >= 0.3 is 0 Å². The average Bonchev–Trinajstić information content (AvgIpc) is 2.26. The first kappa shape index (κ1) is 12.2. The lowest BCUT2D eigenvalue weighted by molar-refractivity contribution is -0.128. The average molecular weight is 312 g/mol. The summed E-state index contributed by atoms with van der Waals surface area (Å²) in [6, 6.07) is 0.117. The fourth-order valence-corrected chi connectivity index (χ4v) is 2.02. The van der Waals surface area contributed by atoms with Crippen molar-refractivity contribution in [2.24, 2.45) is 11.7 Å². The minimum absolute atomic E-state index is 0.117. The van der Waals surface area contributed by atoms with Crippen LogP contribution in [0.15, 0.2) is 0 Å². The van der Waals surface area contributed by atoms with Crippen molar-refractivity contribution in [2.75, 3.05) is 24.2 Å². The third kappa shape index (κ3) is 3.70. The minimum Gasteiger partial charge on any atom is -0.381 e. The highest BCUT2D eigenvalue weighted by atomic mass is 127. The number of ether oxygens (including phenoxy) is 1. The molecule has 0 aromatic heterocycles. The molecule has 1 aliphatic heterocycles. The molecule has 0 saturated carbocycles. The van der Waals surface area contributed by atoms with Gasteiger partial charge in [-0.2, -0.15) is 0 Å². The summed E-state index contributed by atoms with van der Waals surface area (Å²) in [7, 11) is 0. The summed E-state index contributed by atoms with van der Waals surface area (Å²) in [6.45, 7) is 1.92. The Hall–Kier alpha value is 0.120. The van der Waals surface area contributed by atoms with Crippen LogP contribution in [0.25, 0.3) is 0 Å². The quantitative estimate of drug-likeness (QED) is 0.579. The van der Waals surface area contributed by atoms with Gasteiger partial charge in [0.2, 0.25) is 5.91 Å². The van der Waals surface area contributed by atoms with Gasteiger partial charge in [0.15, 0.2) is 0 Å². The minimum atomic E-state index is 0.117. The monoisotopic (exact) mass is 312 g/mol. The largest absolute Gasteiger partial charge is 0.381 e. The van der Waals surface area contributed by atoms with E-state index >= 15 is 0 Å². The Balaban J connectivity index is 2.32.